The number of aromatic nitrogens is 2. The molecule has 0 radical (unpaired) electrons. The average molecular weight is 309 g/mol. The Balaban J connectivity index is 1.42. The Kier molecular flexibility index (Phi) is 3.68. The molecular formula is C19H23N3O. The summed E-state index contributed by atoms with van der Waals surface area (Å²) < 4.78 is 1.88. The lowest BCUT2D eigenvalue weighted by Crippen LogP contribution is -2.20. The van der Waals surface area contributed by atoms with Gasteiger partial charge in [-0.25, -0.2) is 4.68 Å². The molecule has 1 aromatic carbocycles. The van der Waals surface area contributed by atoms with Crippen molar-refractivity contribution in [2.75, 3.05) is 5.32 Å². The van der Waals surface area contributed by atoms with Gasteiger partial charge in [0.05, 0.1) is 5.69 Å². The molecule has 1 amide bonds. The van der Waals surface area contributed by atoms with Crippen molar-refractivity contribution in [2.45, 2.75) is 39.0 Å². The molecule has 1 heterocycles. The molecule has 0 unspecified atom stereocenters. The number of hydrogen-bond acceptors (Lipinski definition) is 2. The topological polar surface area (TPSA) is 46.9 Å². The molecule has 4 nitrogen and oxygen atoms in total. The number of carbonyl (C=O) groups excluding carboxylic acids is 1. The van der Waals surface area contributed by atoms with E-state index in [0.29, 0.717) is 12.3 Å². The van der Waals surface area contributed by atoms with Gasteiger partial charge in [0.25, 0.3) is 0 Å². The number of carbonyl (C=O) groups is 1. The summed E-state index contributed by atoms with van der Waals surface area (Å²) >= 11 is 0. The summed E-state index contributed by atoms with van der Waals surface area (Å²) in [4.78, 5) is 12.4. The number of fused-ring (bicyclic) bond motifs is 2. The van der Waals surface area contributed by atoms with Gasteiger partial charge in [-0.2, -0.15) is 5.10 Å². The minimum atomic E-state index is 0.150. The van der Waals surface area contributed by atoms with E-state index in [1.165, 1.54) is 25.7 Å². The Morgan fingerprint density at radius 2 is 2.22 bits per heavy atom. The zero-order valence-electron chi connectivity index (χ0n) is 13.5. The highest BCUT2D eigenvalue weighted by Gasteiger charge is 2.40. The van der Waals surface area contributed by atoms with E-state index in [1.54, 1.807) is 6.20 Å². The summed E-state index contributed by atoms with van der Waals surface area (Å²) in [6.07, 6.45) is 7.78. The van der Waals surface area contributed by atoms with E-state index in [-0.39, 0.29) is 5.91 Å². The molecule has 1 aromatic heterocycles. The third-order valence-electron chi connectivity index (χ3n) is 5.54. The summed E-state index contributed by atoms with van der Waals surface area (Å²) in [6.45, 7) is 2.02. The van der Waals surface area contributed by atoms with Crippen LogP contribution in [0.25, 0.3) is 5.69 Å². The van der Waals surface area contributed by atoms with Crippen molar-refractivity contribution in [3.8, 4) is 5.69 Å². The molecule has 23 heavy (non-hydrogen) atoms. The van der Waals surface area contributed by atoms with E-state index < -0.39 is 0 Å². The van der Waals surface area contributed by atoms with Crippen LogP contribution in [0.2, 0.25) is 0 Å². The summed E-state index contributed by atoms with van der Waals surface area (Å²) in [5, 5.41) is 7.39. The van der Waals surface area contributed by atoms with Crippen molar-refractivity contribution in [3.63, 3.8) is 0 Å². The van der Waals surface area contributed by atoms with Crippen LogP contribution < -0.4 is 5.32 Å². The molecule has 4 rings (SSSR count). The lowest BCUT2D eigenvalue weighted by Gasteiger charge is -2.21. The Labute approximate surface area is 136 Å². The quantitative estimate of drug-likeness (QED) is 0.929. The smallest absolute Gasteiger partial charge is 0.224 e. The first-order valence-corrected chi connectivity index (χ1v) is 8.60. The van der Waals surface area contributed by atoms with Crippen LogP contribution >= 0.6 is 0 Å². The first kappa shape index (κ1) is 14.5. The SMILES string of the molecule is Cc1ccnn1-c1cccc(NC(=O)C[C@@H]2C[C@H]3CC[C@H]2C3)c1. The van der Waals surface area contributed by atoms with E-state index in [0.717, 1.165) is 28.9 Å². The number of amides is 1. The van der Waals surface area contributed by atoms with Gasteiger partial charge in [-0.1, -0.05) is 12.5 Å². The Morgan fingerprint density at radius 1 is 1.30 bits per heavy atom. The maximum absolute atomic E-state index is 12.4. The minimum Gasteiger partial charge on any atom is -0.326 e. The molecule has 2 saturated carbocycles. The van der Waals surface area contributed by atoms with Crippen LogP contribution in [0.1, 0.15) is 37.8 Å². The van der Waals surface area contributed by atoms with Crippen molar-refractivity contribution in [1.82, 2.24) is 9.78 Å². The molecule has 0 aliphatic heterocycles. The third-order valence-corrected chi connectivity index (χ3v) is 5.54. The molecule has 1 N–H and O–H groups in total. The predicted octanol–water partition coefficient (Wildman–Crippen LogP) is 3.95. The Bertz CT molecular complexity index is 721. The van der Waals surface area contributed by atoms with Gasteiger partial charge in [-0.05, 0) is 68.2 Å². The second-order valence-corrected chi connectivity index (χ2v) is 7.12. The summed E-state index contributed by atoms with van der Waals surface area (Å²) in [5.74, 6) is 2.44. The van der Waals surface area contributed by atoms with Crippen LogP contribution in [0.3, 0.4) is 0 Å². The van der Waals surface area contributed by atoms with Crippen LogP contribution in [0.4, 0.5) is 5.69 Å². The van der Waals surface area contributed by atoms with Gasteiger partial charge in [0.1, 0.15) is 0 Å². The normalized spacial score (nSPS) is 25.7. The lowest BCUT2D eigenvalue weighted by molar-refractivity contribution is -0.117. The van der Waals surface area contributed by atoms with E-state index >= 15 is 0 Å². The van der Waals surface area contributed by atoms with E-state index in [4.69, 9.17) is 0 Å². The van der Waals surface area contributed by atoms with Crippen molar-refractivity contribution in [2.24, 2.45) is 17.8 Å². The molecule has 2 bridgehead atoms. The maximum atomic E-state index is 12.4. The van der Waals surface area contributed by atoms with E-state index in [9.17, 15) is 4.79 Å². The number of nitrogens with one attached hydrogen (secondary N) is 1. The van der Waals surface area contributed by atoms with Crippen LogP contribution in [0.5, 0.6) is 0 Å². The van der Waals surface area contributed by atoms with Gasteiger partial charge in [0.15, 0.2) is 0 Å². The highest BCUT2D eigenvalue weighted by atomic mass is 16.1. The van der Waals surface area contributed by atoms with Crippen molar-refractivity contribution in [3.05, 3.63) is 42.2 Å². The summed E-state index contributed by atoms with van der Waals surface area (Å²) in [7, 11) is 0. The van der Waals surface area contributed by atoms with Crippen molar-refractivity contribution < 1.29 is 4.79 Å². The molecule has 2 aliphatic rings. The summed E-state index contributed by atoms with van der Waals surface area (Å²) in [5.41, 5.74) is 2.91. The van der Waals surface area contributed by atoms with Gasteiger partial charge in [0.2, 0.25) is 5.91 Å². The number of rotatable bonds is 4. The molecule has 0 spiro atoms. The second kappa shape index (κ2) is 5.84. The average Bonchev–Trinajstić information content (AvgIpc) is 3.24. The van der Waals surface area contributed by atoms with Gasteiger partial charge in [-0.3, -0.25) is 4.79 Å². The largest absolute Gasteiger partial charge is 0.326 e. The van der Waals surface area contributed by atoms with Crippen molar-refractivity contribution in [1.29, 1.82) is 0 Å². The monoisotopic (exact) mass is 309 g/mol. The third kappa shape index (κ3) is 2.90. The van der Waals surface area contributed by atoms with Gasteiger partial charge in [-0.15, -0.1) is 0 Å². The number of benzene rings is 1. The number of anilines is 1. The highest BCUT2D eigenvalue weighted by molar-refractivity contribution is 5.91. The molecule has 2 aliphatic carbocycles. The fourth-order valence-electron chi connectivity index (χ4n) is 4.43. The molecule has 2 fully saturated rings. The van der Waals surface area contributed by atoms with Crippen molar-refractivity contribution >= 4 is 11.6 Å². The van der Waals surface area contributed by atoms with Gasteiger partial charge < -0.3 is 5.32 Å². The molecule has 2 aromatic rings. The van der Waals surface area contributed by atoms with E-state index in [1.807, 2.05) is 41.9 Å². The number of hydrogen-bond donors (Lipinski definition) is 1. The van der Waals surface area contributed by atoms with E-state index in [2.05, 4.69) is 10.4 Å². The number of aryl methyl sites for hydroxylation is 1. The second-order valence-electron chi connectivity index (χ2n) is 7.12. The maximum Gasteiger partial charge on any atom is 0.224 e. The standard InChI is InChI=1S/C19H23N3O/c1-13-7-8-20-22(13)18-4-2-3-17(12-18)21-19(23)11-16-10-14-5-6-15(16)9-14/h2-4,7-8,12,14-16H,5-6,9-11H2,1H3,(H,21,23)/t14-,15-,16-/m0/s1. The molecule has 4 heteroatoms. The first-order chi connectivity index (χ1) is 11.2. The Hall–Kier alpha value is -2.10. The molecule has 0 saturated heterocycles. The molecule has 120 valence electrons. The lowest BCUT2D eigenvalue weighted by atomic mass is 9.86. The zero-order chi connectivity index (χ0) is 15.8. The van der Waals surface area contributed by atoms with Gasteiger partial charge in [0, 0.05) is 24.0 Å². The molecule has 3 atom stereocenters. The molecular weight excluding hydrogens is 286 g/mol. The van der Waals surface area contributed by atoms with Crippen LogP contribution in [-0.4, -0.2) is 15.7 Å². The zero-order valence-corrected chi connectivity index (χ0v) is 13.5. The summed E-state index contributed by atoms with van der Waals surface area (Å²) in [6, 6.07) is 9.87. The van der Waals surface area contributed by atoms with Crippen LogP contribution in [0.15, 0.2) is 36.5 Å². The number of nitrogens with zero attached hydrogens (tertiary/aromatic N) is 2. The first-order valence-electron chi connectivity index (χ1n) is 8.60. The van der Waals surface area contributed by atoms with Crippen LogP contribution in [0, 0.1) is 24.7 Å². The van der Waals surface area contributed by atoms with Crippen LogP contribution in [-0.2, 0) is 4.79 Å². The Morgan fingerprint density at radius 3 is 2.91 bits per heavy atom. The minimum absolute atomic E-state index is 0.150. The predicted molar refractivity (Wildman–Crippen MR) is 90.5 cm³/mol. The van der Waals surface area contributed by atoms with Gasteiger partial charge >= 0.3 is 0 Å². The fourth-order valence-corrected chi connectivity index (χ4v) is 4.43. The highest BCUT2D eigenvalue weighted by Crippen LogP contribution is 2.49. The fraction of sp³-hybridized carbons (Fsp3) is 0.474.